The average Bonchev–Trinajstić information content (AvgIpc) is 3.55. The van der Waals surface area contributed by atoms with Crippen LogP contribution in [0.3, 0.4) is 0 Å². The smallest absolute Gasteiger partial charge is 0.224 e. The molecule has 0 unspecified atom stereocenters. The summed E-state index contributed by atoms with van der Waals surface area (Å²) < 4.78 is 2.16. The van der Waals surface area contributed by atoms with Crippen molar-refractivity contribution in [3.8, 4) is 22.4 Å². The summed E-state index contributed by atoms with van der Waals surface area (Å²) in [7, 11) is 0. The van der Waals surface area contributed by atoms with Crippen molar-refractivity contribution in [3.63, 3.8) is 0 Å². The van der Waals surface area contributed by atoms with Crippen molar-refractivity contribution in [2.45, 2.75) is 44.7 Å². The fourth-order valence-electron chi connectivity index (χ4n) is 4.58. The molecule has 33 heavy (non-hydrogen) atoms. The zero-order valence-corrected chi connectivity index (χ0v) is 18.7. The molecule has 2 aromatic carbocycles. The van der Waals surface area contributed by atoms with E-state index in [1.54, 1.807) is 0 Å². The summed E-state index contributed by atoms with van der Waals surface area (Å²) in [5.41, 5.74) is 6.44. The van der Waals surface area contributed by atoms with Crippen LogP contribution >= 0.6 is 0 Å². The number of pyridine rings is 1. The molecule has 1 amide bonds. The van der Waals surface area contributed by atoms with Crippen LogP contribution in [-0.4, -0.2) is 20.7 Å². The Morgan fingerprint density at radius 3 is 2.30 bits per heavy atom. The number of aromatic nitrogens is 3. The van der Waals surface area contributed by atoms with E-state index in [0.717, 1.165) is 40.9 Å². The number of amides is 1. The molecule has 0 bridgehead atoms. The molecule has 1 aliphatic carbocycles. The zero-order valence-electron chi connectivity index (χ0n) is 18.7. The van der Waals surface area contributed by atoms with Crippen LogP contribution in [0.5, 0.6) is 0 Å². The molecule has 5 heteroatoms. The van der Waals surface area contributed by atoms with E-state index in [2.05, 4.69) is 45.3 Å². The van der Waals surface area contributed by atoms with Gasteiger partial charge in [0.1, 0.15) is 0 Å². The van der Waals surface area contributed by atoms with Gasteiger partial charge in [-0.2, -0.15) is 5.10 Å². The molecular formula is C28H28N4O. The minimum atomic E-state index is 0.00309. The molecule has 1 saturated carbocycles. The second kappa shape index (κ2) is 9.82. The molecule has 5 nitrogen and oxygen atoms in total. The van der Waals surface area contributed by atoms with Gasteiger partial charge in [-0.3, -0.25) is 14.5 Å². The topological polar surface area (TPSA) is 59.8 Å². The molecule has 5 rings (SSSR count). The van der Waals surface area contributed by atoms with E-state index in [4.69, 9.17) is 5.10 Å². The van der Waals surface area contributed by atoms with E-state index in [-0.39, 0.29) is 5.91 Å². The van der Waals surface area contributed by atoms with Crippen molar-refractivity contribution >= 4 is 5.91 Å². The summed E-state index contributed by atoms with van der Waals surface area (Å²) in [6, 6.07) is 25.0. The van der Waals surface area contributed by atoms with Gasteiger partial charge in [-0.25, -0.2) is 0 Å². The van der Waals surface area contributed by atoms with Crippen molar-refractivity contribution in [1.82, 2.24) is 20.1 Å². The third kappa shape index (κ3) is 5.03. The first-order valence-corrected chi connectivity index (χ1v) is 11.7. The number of nitrogens with zero attached hydrogens (tertiary/aromatic N) is 3. The highest BCUT2D eigenvalue weighted by Crippen LogP contribution is 2.33. The lowest BCUT2D eigenvalue weighted by Gasteiger charge is -2.14. The summed E-state index contributed by atoms with van der Waals surface area (Å²) >= 11 is 0. The maximum absolute atomic E-state index is 12.6. The van der Waals surface area contributed by atoms with Crippen LogP contribution in [0.15, 0.2) is 85.2 Å². The molecule has 2 aromatic heterocycles. The fraction of sp³-hybridized carbons (Fsp3) is 0.250. The lowest BCUT2D eigenvalue weighted by atomic mass is 10.0. The third-order valence-electron chi connectivity index (χ3n) is 6.33. The van der Waals surface area contributed by atoms with Gasteiger partial charge in [0, 0.05) is 18.0 Å². The monoisotopic (exact) mass is 436 g/mol. The molecule has 0 saturated heterocycles. The Hall–Kier alpha value is -3.73. The lowest BCUT2D eigenvalue weighted by molar-refractivity contribution is -0.120. The maximum atomic E-state index is 12.6. The predicted octanol–water partition coefficient (Wildman–Crippen LogP) is 5.59. The van der Waals surface area contributed by atoms with Crippen LogP contribution in [0.25, 0.3) is 22.4 Å². The number of benzene rings is 2. The Kier molecular flexibility index (Phi) is 6.29. The highest BCUT2D eigenvalue weighted by atomic mass is 16.1. The van der Waals surface area contributed by atoms with Crippen LogP contribution in [0, 0.1) is 0 Å². The Bertz CT molecular complexity index is 1190. The molecule has 166 valence electrons. The molecule has 1 aliphatic rings. The van der Waals surface area contributed by atoms with Crippen molar-refractivity contribution in [3.05, 3.63) is 96.4 Å². The minimum absolute atomic E-state index is 0.00309. The number of carbonyl (C=O) groups excluding carboxylic acids is 1. The van der Waals surface area contributed by atoms with E-state index in [9.17, 15) is 4.79 Å². The quantitative estimate of drug-likeness (QED) is 0.411. The second-order valence-corrected chi connectivity index (χ2v) is 8.66. The Balaban J connectivity index is 1.24. The van der Waals surface area contributed by atoms with Crippen LogP contribution in [0.4, 0.5) is 0 Å². The average molecular weight is 437 g/mol. The molecule has 1 fully saturated rings. The van der Waals surface area contributed by atoms with Gasteiger partial charge in [0.05, 0.1) is 30.4 Å². The summed E-state index contributed by atoms with van der Waals surface area (Å²) in [6.45, 7) is 0.429. The number of nitrogens with one attached hydrogen (secondary N) is 1. The van der Waals surface area contributed by atoms with E-state index in [1.165, 1.54) is 18.4 Å². The first-order valence-electron chi connectivity index (χ1n) is 11.7. The van der Waals surface area contributed by atoms with Gasteiger partial charge in [-0.15, -0.1) is 0 Å². The molecule has 0 spiro atoms. The van der Waals surface area contributed by atoms with Gasteiger partial charge < -0.3 is 5.32 Å². The van der Waals surface area contributed by atoms with Gasteiger partial charge in [0.25, 0.3) is 0 Å². The van der Waals surface area contributed by atoms with Crippen LogP contribution < -0.4 is 5.32 Å². The highest BCUT2D eigenvalue weighted by Gasteiger charge is 2.22. The molecule has 1 N–H and O–H groups in total. The van der Waals surface area contributed by atoms with Crippen molar-refractivity contribution in [1.29, 1.82) is 0 Å². The fourth-order valence-corrected chi connectivity index (χ4v) is 4.58. The van der Waals surface area contributed by atoms with E-state index >= 15 is 0 Å². The molecule has 0 aliphatic heterocycles. The summed E-state index contributed by atoms with van der Waals surface area (Å²) in [5.74, 6) is 0.00309. The van der Waals surface area contributed by atoms with Crippen LogP contribution in [0.1, 0.15) is 43.0 Å². The largest absolute Gasteiger partial charge is 0.350 e. The summed E-state index contributed by atoms with van der Waals surface area (Å²) in [6.07, 6.45) is 8.78. The van der Waals surface area contributed by atoms with Gasteiger partial charge in [0.15, 0.2) is 0 Å². The second-order valence-electron chi connectivity index (χ2n) is 8.66. The number of carbonyl (C=O) groups is 1. The number of rotatable bonds is 7. The van der Waals surface area contributed by atoms with Gasteiger partial charge in [0.2, 0.25) is 5.91 Å². The Morgan fingerprint density at radius 1 is 0.879 bits per heavy atom. The lowest BCUT2D eigenvalue weighted by Crippen LogP contribution is -2.24. The van der Waals surface area contributed by atoms with Gasteiger partial charge in [-0.1, -0.05) is 67.4 Å². The molecule has 4 aromatic rings. The highest BCUT2D eigenvalue weighted by molar-refractivity contribution is 5.79. The zero-order chi connectivity index (χ0) is 22.5. The van der Waals surface area contributed by atoms with E-state index in [0.29, 0.717) is 19.0 Å². The third-order valence-corrected chi connectivity index (χ3v) is 6.33. The Labute approximate surface area is 194 Å². The minimum Gasteiger partial charge on any atom is -0.350 e. The maximum Gasteiger partial charge on any atom is 0.224 e. The van der Waals surface area contributed by atoms with Crippen LogP contribution in [-0.2, 0) is 17.8 Å². The standard InChI is InChI=1S/C28H28N4O/c33-28(18-21-10-12-23(13-11-21)22-6-2-1-3-7-22)30-20-25-19-27(24-14-16-29-17-15-24)32(31-25)26-8-4-5-9-26/h1-3,6-7,10-17,19,26H,4-5,8-9,18,20H2,(H,30,33). The number of hydrogen-bond donors (Lipinski definition) is 1. The van der Waals surface area contributed by atoms with Crippen LogP contribution in [0.2, 0.25) is 0 Å². The molecule has 0 radical (unpaired) electrons. The first-order chi connectivity index (χ1) is 16.3. The predicted molar refractivity (Wildman–Crippen MR) is 130 cm³/mol. The van der Waals surface area contributed by atoms with Crippen molar-refractivity contribution < 1.29 is 4.79 Å². The van der Waals surface area contributed by atoms with Crippen molar-refractivity contribution in [2.75, 3.05) is 0 Å². The number of hydrogen-bond acceptors (Lipinski definition) is 3. The van der Waals surface area contributed by atoms with Gasteiger partial charge >= 0.3 is 0 Å². The molecule has 2 heterocycles. The normalized spacial score (nSPS) is 13.8. The molecular weight excluding hydrogens is 408 g/mol. The molecule has 0 atom stereocenters. The SMILES string of the molecule is O=C(Cc1ccc(-c2ccccc2)cc1)NCc1cc(-c2ccncc2)n(C2CCCC2)n1. The van der Waals surface area contributed by atoms with E-state index in [1.807, 2.05) is 54.9 Å². The summed E-state index contributed by atoms with van der Waals surface area (Å²) in [4.78, 5) is 16.7. The van der Waals surface area contributed by atoms with Gasteiger partial charge in [-0.05, 0) is 47.7 Å². The van der Waals surface area contributed by atoms with Crippen molar-refractivity contribution in [2.24, 2.45) is 0 Å². The summed E-state index contributed by atoms with van der Waals surface area (Å²) in [5, 5.41) is 7.92. The first kappa shape index (κ1) is 21.1. The van der Waals surface area contributed by atoms with E-state index < -0.39 is 0 Å². The Morgan fingerprint density at radius 2 is 1.58 bits per heavy atom.